The minimum Gasteiger partial charge on any atom is -0.497 e. The molecule has 3 aromatic carbocycles. The van der Waals surface area contributed by atoms with Gasteiger partial charge in [0.1, 0.15) is 23.2 Å². The van der Waals surface area contributed by atoms with Gasteiger partial charge in [0.05, 0.1) is 25.2 Å². The number of allylic oxidation sites excluding steroid dienone is 1. The van der Waals surface area contributed by atoms with E-state index in [-0.39, 0.29) is 29.4 Å². The maximum Gasteiger partial charge on any atom is 0.338 e. The van der Waals surface area contributed by atoms with Crippen LogP contribution >= 0.6 is 0 Å². The summed E-state index contributed by atoms with van der Waals surface area (Å²) in [6.07, 6.45) is 0. The van der Waals surface area contributed by atoms with Gasteiger partial charge in [-0.3, -0.25) is 0 Å². The van der Waals surface area contributed by atoms with Crippen LogP contribution in [0.5, 0.6) is 5.75 Å². The first kappa shape index (κ1) is 21.0. The molecule has 0 radical (unpaired) electrons. The zero-order valence-corrected chi connectivity index (χ0v) is 17.8. The molecule has 0 aliphatic carbocycles. The number of esters is 1. The first-order chi connectivity index (χ1) is 15.6. The highest BCUT2D eigenvalue weighted by Crippen LogP contribution is 2.43. The second kappa shape index (κ2) is 8.86. The van der Waals surface area contributed by atoms with Crippen LogP contribution in [0, 0.1) is 11.3 Å². The highest BCUT2D eigenvalue weighted by Gasteiger charge is 2.38. The maximum absolute atomic E-state index is 13.2. The molecule has 0 aromatic heterocycles. The lowest BCUT2D eigenvalue weighted by Crippen LogP contribution is -2.25. The molecule has 4 rings (SSSR count). The lowest BCUT2D eigenvalue weighted by molar-refractivity contribution is -0.138. The van der Waals surface area contributed by atoms with E-state index in [0.717, 1.165) is 16.3 Å². The molecule has 0 saturated carbocycles. The molecular formula is C26H22N2O4. The molecular weight excluding hydrogens is 404 g/mol. The summed E-state index contributed by atoms with van der Waals surface area (Å²) in [5, 5.41) is 11.9. The number of nitrogens with zero attached hydrogens (tertiary/aromatic N) is 1. The van der Waals surface area contributed by atoms with Crippen molar-refractivity contribution < 1.29 is 19.0 Å². The lowest BCUT2D eigenvalue weighted by Gasteiger charge is -2.28. The van der Waals surface area contributed by atoms with E-state index in [1.165, 1.54) is 0 Å². The summed E-state index contributed by atoms with van der Waals surface area (Å²) in [7, 11) is 1.57. The molecule has 1 heterocycles. The van der Waals surface area contributed by atoms with Crippen LogP contribution in [0.4, 0.5) is 0 Å². The van der Waals surface area contributed by atoms with Gasteiger partial charge in [0, 0.05) is 5.56 Å². The van der Waals surface area contributed by atoms with Gasteiger partial charge in [0.2, 0.25) is 5.88 Å². The van der Waals surface area contributed by atoms with E-state index >= 15 is 0 Å². The average Bonchev–Trinajstić information content (AvgIpc) is 2.83. The second-order valence-electron chi connectivity index (χ2n) is 7.22. The molecule has 6 heteroatoms. The van der Waals surface area contributed by atoms with Gasteiger partial charge in [0.25, 0.3) is 0 Å². The summed E-state index contributed by atoms with van der Waals surface area (Å²) in [4.78, 5) is 13.2. The van der Waals surface area contributed by atoms with Crippen molar-refractivity contribution in [2.45, 2.75) is 12.8 Å². The summed E-state index contributed by atoms with van der Waals surface area (Å²) < 4.78 is 16.4. The Labute approximate surface area is 186 Å². The van der Waals surface area contributed by atoms with E-state index in [1.54, 1.807) is 38.3 Å². The van der Waals surface area contributed by atoms with Crippen molar-refractivity contribution in [2.24, 2.45) is 5.73 Å². The largest absolute Gasteiger partial charge is 0.497 e. The van der Waals surface area contributed by atoms with Gasteiger partial charge >= 0.3 is 5.97 Å². The number of carbonyl (C=O) groups is 1. The average molecular weight is 426 g/mol. The number of rotatable bonds is 5. The Morgan fingerprint density at radius 2 is 1.81 bits per heavy atom. The Kier molecular flexibility index (Phi) is 5.82. The Morgan fingerprint density at radius 3 is 2.47 bits per heavy atom. The van der Waals surface area contributed by atoms with Gasteiger partial charge < -0.3 is 19.9 Å². The molecule has 2 N–H and O–H groups in total. The van der Waals surface area contributed by atoms with Gasteiger partial charge in [0.15, 0.2) is 0 Å². The first-order valence-electron chi connectivity index (χ1n) is 10.2. The molecule has 0 amide bonds. The van der Waals surface area contributed by atoms with Crippen LogP contribution < -0.4 is 10.5 Å². The van der Waals surface area contributed by atoms with Crippen molar-refractivity contribution in [1.29, 1.82) is 5.26 Å². The predicted octanol–water partition coefficient (Wildman–Crippen LogP) is 4.63. The zero-order valence-electron chi connectivity index (χ0n) is 17.8. The zero-order chi connectivity index (χ0) is 22.7. The second-order valence-corrected chi connectivity index (χ2v) is 7.22. The van der Waals surface area contributed by atoms with E-state index in [9.17, 15) is 10.1 Å². The number of nitriles is 1. The minimum atomic E-state index is -0.727. The van der Waals surface area contributed by atoms with E-state index in [2.05, 4.69) is 6.07 Å². The number of hydrogen-bond donors (Lipinski definition) is 1. The monoisotopic (exact) mass is 426 g/mol. The molecule has 0 fully saturated rings. The molecule has 0 saturated heterocycles. The molecule has 1 aliphatic rings. The van der Waals surface area contributed by atoms with E-state index < -0.39 is 11.9 Å². The van der Waals surface area contributed by atoms with Gasteiger partial charge in [-0.25, -0.2) is 4.79 Å². The highest BCUT2D eigenvalue weighted by molar-refractivity contribution is 6.00. The van der Waals surface area contributed by atoms with E-state index in [0.29, 0.717) is 11.3 Å². The minimum absolute atomic E-state index is 0.0375. The summed E-state index contributed by atoms with van der Waals surface area (Å²) in [5.74, 6) is -0.397. The molecule has 1 aliphatic heterocycles. The predicted molar refractivity (Wildman–Crippen MR) is 121 cm³/mol. The van der Waals surface area contributed by atoms with Gasteiger partial charge in [-0.15, -0.1) is 0 Å². The van der Waals surface area contributed by atoms with Crippen molar-refractivity contribution in [2.75, 3.05) is 13.7 Å². The van der Waals surface area contributed by atoms with Crippen molar-refractivity contribution in [3.05, 3.63) is 94.9 Å². The molecule has 3 aromatic rings. The third-order valence-corrected chi connectivity index (χ3v) is 5.37. The van der Waals surface area contributed by atoms with E-state index in [1.807, 2.05) is 42.5 Å². The molecule has 1 unspecified atom stereocenters. The Morgan fingerprint density at radius 1 is 1.09 bits per heavy atom. The van der Waals surface area contributed by atoms with Crippen LogP contribution in [0.15, 0.2) is 83.8 Å². The summed E-state index contributed by atoms with van der Waals surface area (Å²) in [6.45, 7) is 1.92. The number of fused-ring (bicyclic) bond motifs is 1. The number of nitrogens with two attached hydrogens (primary N) is 1. The number of methoxy groups -OCH3 is 1. The van der Waals surface area contributed by atoms with Crippen LogP contribution in [0.25, 0.3) is 16.5 Å². The normalized spacial score (nSPS) is 15.8. The molecule has 1 atom stereocenters. The SMILES string of the molecule is CCOC(=O)C1=C(c2ccc(OC)cc2)OC(N)=C(C#N)C1c1ccc2ccccc2c1. The Bertz CT molecular complexity index is 1280. The fourth-order valence-corrected chi connectivity index (χ4v) is 3.85. The fourth-order valence-electron chi connectivity index (χ4n) is 3.85. The molecule has 6 nitrogen and oxygen atoms in total. The third kappa shape index (κ3) is 3.77. The lowest BCUT2D eigenvalue weighted by atomic mass is 9.81. The molecule has 160 valence electrons. The van der Waals surface area contributed by atoms with Crippen LogP contribution in [-0.4, -0.2) is 19.7 Å². The van der Waals surface area contributed by atoms with E-state index in [4.69, 9.17) is 19.9 Å². The number of carbonyl (C=O) groups excluding carboxylic acids is 1. The Hall–Kier alpha value is -4.24. The maximum atomic E-state index is 13.2. The fraction of sp³-hybridized carbons (Fsp3) is 0.154. The molecule has 0 bridgehead atoms. The standard InChI is InChI=1S/C26H22N2O4/c1-3-31-26(29)23-22(19-9-8-16-6-4-5-7-18(16)14-19)21(15-27)25(28)32-24(23)17-10-12-20(30-2)13-11-17/h4-14,22H,3,28H2,1-2H3. The first-order valence-corrected chi connectivity index (χ1v) is 10.2. The van der Waals surface area contributed by atoms with Crippen molar-refractivity contribution in [3.8, 4) is 11.8 Å². The third-order valence-electron chi connectivity index (χ3n) is 5.37. The van der Waals surface area contributed by atoms with Crippen LogP contribution in [0.2, 0.25) is 0 Å². The Balaban J connectivity index is 1.96. The highest BCUT2D eigenvalue weighted by atomic mass is 16.5. The molecule has 0 spiro atoms. The topological polar surface area (TPSA) is 94.6 Å². The van der Waals surface area contributed by atoms with Gasteiger partial charge in [-0.05, 0) is 47.5 Å². The van der Waals surface area contributed by atoms with Crippen LogP contribution in [0.1, 0.15) is 24.0 Å². The molecule has 32 heavy (non-hydrogen) atoms. The quantitative estimate of drug-likeness (QED) is 0.598. The number of hydrogen-bond acceptors (Lipinski definition) is 6. The van der Waals surface area contributed by atoms with Crippen LogP contribution in [-0.2, 0) is 14.3 Å². The number of ether oxygens (including phenoxy) is 3. The van der Waals surface area contributed by atoms with Crippen molar-refractivity contribution in [1.82, 2.24) is 0 Å². The van der Waals surface area contributed by atoms with Crippen LogP contribution in [0.3, 0.4) is 0 Å². The van der Waals surface area contributed by atoms with Gasteiger partial charge in [-0.2, -0.15) is 5.26 Å². The summed E-state index contributed by atoms with van der Waals surface area (Å²) in [6, 6.07) is 22.9. The van der Waals surface area contributed by atoms with Crippen molar-refractivity contribution >= 4 is 22.5 Å². The van der Waals surface area contributed by atoms with Crippen molar-refractivity contribution in [3.63, 3.8) is 0 Å². The summed E-state index contributed by atoms with van der Waals surface area (Å²) >= 11 is 0. The smallest absolute Gasteiger partial charge is 0.338 e. The summed E-state index contributed by atoms with van der Waals surface area (Å²) in [5.41, 5.74) is 7.95. The van der Waals surface area contributed by atoms with Gasteiger partial charge in [-0.1, -0.05) is 42.5 Å². The number of benzene rings is 3.